The number of rotatable bonds is 5. The third kappa shape index (κ3) is 3.62. The molecule has 0 radical (unpaired) electrons. The highest BCUT2D eigenvalue weighted by molar-refractivity contribution is 6.30. The molecule has 1 saturated carbocycles. The van der Waals surface area contributed by atoms with Gasteiger partial charge in [0.25, 0.3) is 0 Å². The number of hydrogen-bond acceptors (Lipinski definition) is 6. The summed E-state index contributed by atoms with van der Waals surface area (Å²) in [5.74, 6) is 0.813. The summed E-state index contributed by atoms with van der Waals surface area (Å²) in [6, 6.07) is 2.03. The lowest BCUT2D eigenvalue weighted by atomic mass is 10.1. The highest BCUT2D eigenvalue weighted by Crippen LogP contribution is 2.29. The number of nitrogens with zero attached hydrogens (tertiary/aromatic N) is 4. The van der Waals surface area contributed by atoms with E-state index >= 15 is 0 Å². The van der Waals surface area contributed by atoms with Crippen LogP contribution < -0.4 is 10.6 Å². The Balaban J connectivity index is 1.50. The molecule has 0 bridgehead atoms. The second kappa shape index (κ2) is 7.02. The molecule has 1 aliphatic carbocycles. The normalized spacial score (nSPS) is 21.1. The largest absolute Gasteiger partial charge is 0.361 e. The Hall–Kier alpha value is -1.90. The fourth-order valence-electron chi connectivity index (χ4n) is 3.25. The first-order valence-electron chi connectivity index (χ1n) is 8.92. The van der Waals surface area contributed by atoms with E-state index in [4.69, 9.17) is 16.1 Å². The van der Waals surface area contributed by atoms with Crippen molar-refractivity contribution in [3.63, 3.8) is 0 Å². The van der Waals surface area contributed by atoms with Crippen molar-refractivity contribution < 1.29 is 9.32 Å². The van der Waals surface area contributed by atoms with Gasteiger partial charge in [-0.25, -0.2) is 0 Å². The van der Waals surface area contributed by atoms with Crippen molar-refractivity contribution in [3.05, 3.63) is 22.5 Å². The van der Waals surface area contributed by atoms with Crippen molar-refractivity contribution in [2.45, 2.75) is 38.4 Å². The molecule has 2 fully saturated rings. The summed E-state index contributed by atoms with van der Waals surface area (Å²) >= 11 is 6.49. The lowest BCUT2D eigenvalue weighted by molar-refractivity contribution is -0.124. The molecule has 2 N–H and O–H groups in total. The summed E-state index contributed by atoms with van der Waals surface area (Å²) in [5, 5.41) is 15.5. The number of carbonyl (C=O) groups is 1. The van der Waals surface area contributed by atoms with Gasteiger partial charge in [0.05, 0.1) is 6.04 Å². The van der Waals surface area contributed by atoms with Crippen LogP contribution in [0, 0.1) is 6.92 Å². The van der Waals surface area contributed by atoms with Crippen LogP contribution in [0.25, 0.3) is 11.4 Å². The molecule has 0 spiro atoms. The van der Waals surface area contributed by atoms with Gasteiger partial charge in [-0.2, -0.15) is 5.10 Å². The fourth-order valence-corrected chi connectivity index (χ4v) is 3.44. The number of halogens is 1. The first kappa shape index (κ1) is 17.5. The third-order valence-electron chi connectivity index (χ3n) is 4.82. The van der Waals surface area contributed by atoms with Gasteiger partial charge in [0, 0.05) is 50.9 Å². The van der Waals surface area contributed by atoms with E-state index in [1.165, 1.54) is 0 Å². The highest BCUT2D eigenvalue weighted by Gasteiger charge is 2.31. The van der Waals surface area contributed by atoms with Crippen LogP contribution in [0.15, 0.2) is 10.6 Å². The summed E-state index contributed by atoms with van der Waals surface area (Å²) in [6.07, 6.45) is 2.18. The van der Waals surface area contributed by atoms with Crippen LogP contribution in [-0.2, 0) is 18.4 Å². The van der Waals surface area contributed by atoms with Crippen molar-refractivity contribution in [1.29, 1.82) is 0 Å². The van der Waals surface area contributed by atoms with Crippen molar-refractivity contribution in [1.82, 2.24) is 30.5 Å². The standard InChI is InChI=1S/C17H23ClN6O2/c1-10-7-13(22-26-10)15-12(16(18)23(2)21-15)8-24-6-5-19-14(9-24)17(25)20-11-3-4-11/h7,11,14,19H,3-6,8-9H2,1-2H3,(H,20,25)/t14-/m0/s1. The van der Waals surface area contributed by atoms with E-state index < -0.39 is 0 Å². The summed E-state index contributed by atoms with van der Waals surface area (Å²) in [6.45, 7) is 4.71. The molecule has 140 valence electrons. The van der Waals surface area contributed by atoms with Gasteiger partial charge in [0.1, 0.15) is 22.3 Å². The predicted octanol–water partition coefficient (Wildman–Crippen LogP) is 1.09. The Bertz CT molecular complexity index is 812. The number of aryl methyl sites for hydroxylation is 2. The molecular weight excluding hydrogens is 356 g/mol. The Morgan fingerprint density at radius 2 is 2.31 bits per heavy atom. The van der Waals surface area contributed by atoms with E-state index in [-0.39, 0.29) is 11.9 Å². The van der Waals surface area contributed by atoms with Gasteiger partial charge < -0.3 is 15.2 Å². The van der Waals surface area contributed by atoms with E-state index in [0.717, 1.165) is 42.9 Å². The fraction of sp³-hybridized carbons (Fsp3) is 0.588. The molecule has 1 saturated heterocycles. The molecule has 4 rings (SSSR count). The molecule has 2 aliphatic rings. The number of nitrogens with one attached hydrogen (secondary N) is 2. The van der Waals surface area contributed by atoms with Crippen LogP contribution >= 0.6 is 11.6 Å². The van der Waals surface area contributed by atoms with Crippen LogP contribution in [-0.4, -0.2) is 57.5 Å². The summed E-state index contributed by atoms with van der Waals surface area (Å²) < 4.78 is 6.83. The van der Waals surface area contributed by atoms with Crippen molar-refractivity contribution in [2.75, 3.05) is 19.6 Å². The average Bonchev–Trinajstić information content (AvgIpc) is 3.27. The molecule has 2 aromatic heterocycles. The number of carbonyl (C=O) groups excluding carboxylic acids is 1. The summed E-state index contributed by atoms with van der Waals surface area (Å²) in [5.41, 5.74) is 2.32. The number of amides is 1. The first-order chi connectivity index (χ1) is 12.5. The van der Waals surface area contributed by atoms with Crippen LogP contribution in [0.4, 0.5) is 0 Å². The van der Waals surface area contributed by atoms with Crippen LogP contribution in [0.5, 0.6) is 0 Å². The number of hydrogen-bond donors (Lipinski definition) is 2. The third-order valence-corrected chi connectivity index (χ3v) is 5.29. The van der Waals surface area contributed by atoms with E-state index in [1.807, 2.05) is 20.0 Å². The molecular formula is C17H23ClN6O2. The van der Waals surface area contributed by atoms with Gasteiger partial charge in [0.2, 0.25) is 5.91 Å². The maximum atomic E-state index is 12.3. The quantitative estimate of drug-likeness (QED) is 0.809. The predicted molar refractivity (Wildman–Crippen MR) is 96.7 cm³/mol. The van der Waals surface area contributed by atoms with E-state index in [2.05, 4.69) is 25.8 Å². The topological polar surface area (TPSA) is 88.2 Å². The molecule has 8 nitrogen and oxygen atoms in total. The van der Waals surface area contributed by atoms with Gasteiger partial charge >= 0.3 is 0 Å². The molecule has 26 heavy (non-hydrogen) atoms. The van der Waals surface area contributed by atoms with E-state index in [0.29, 0.717) is 30.0 Å². The van der Waals surface area contributed by atoms with Crippen molar-refractivity contribution in [2.24, 2.45) is 7.05 Å². The summed E-state index contributed by atoms with van der Waals surface area (Å²) in [7, 11) is 1.81. The second-order valence-electron chi connectivity index (χ2n) is 7.09. The smallest absolute Gasteiger partial charge is 0.238 e. The Kier molecular flexibility index (Phi) is 4.73. The molecule has 2 aromatic rings. The van der Waals surface area contributed by atoms with Gasteiger partial charge in [0.15, 0.2) is 0 Å². The Morgan fingerprint density at radius 3 is 3.00 bits per heavy atom. The Morgan fingerprint density at radius 1 is 1.50 bits per heavy atom. The first-order valence-corrected chi connectivity index (χ1v) is 9.30. The maximum Gasteiger partial charge on any atom is 0.238 e. The molecule has 1 aliphatic heterocycles. The zero-order chi connectivity index (χ0) is 18.3. The lowest BCUT2D eigenvalue weighted by Gasteiger charge is -2.32. The monoisotopic (exact) mass is 378 g/mol. The molecule has 1 amide bonds. The number of aromatic nitrogens is 3. The molecule has 3 heterocycles. The molecule has 1 atom stereocenters. The van der Waals surface area contributed by atoms with Crippen molar-refractivity contribution in [3.8, 4) is 11.4 Å². The summed E-state index contributed by atoms with van der Waals surface area (Å²) in [4.78, 5) is 14.6. The minimum Gasteiger partial charge on any atom is -0.361 e. The van der Waals surface area contributed by atoms with Crippen LogP contribution in [0.1, 0.15) is 24.2 Å². The van der Waals surface area contributed by atoms with Gasteiger partial charge in [-0.15, -0.1) is 0 Å². The molecule has 0 aromatic carbocycles. The Labute approximate surface area is 156 Å². The maximum absolute atomic E-state index is 12.3. The zero-order valence-electron chi connectivity index (χ0n) is 15.0. The van der Waals surface area contributed by atoms with E-state index in [1.54, 1.807) is 4.68 Å². The minimum absolute atomic E-state index is 0.0850. The zero-order valence-corrected chi connectivity index (χ0v) is 15.7. The van der Waals surface area contributed by atoms with Gasteiger partial charge in [-0.05, 0) is 19.8 Å². The molecule has 0 unspecified atom stereocenters. The molecule has 9 heteroatoms. The van der Waals surface area contributed by atoms with Crippen LogP contribution in [0.2, 0.25) is 5.15 Å². The highest BCUT2D eigenvalue weighted by atomic mass is 35.5. The van der Waals surface area contributed by atoms with Gasteiger partial charge in [-0.3, -0.25) is 14.4 Å². The van der Waals surface area contributed by atoms with Crippen molar-refractivity contribution >= 4 is 17.5 Å². The number of piperazine rings is 1. The van der Waals surface area contributed by atoms with Gasteiger partial charge in [-0.1, -0.05) is 16.8 Å². The van der Waals surface area contributed by atoms with E-state index in [9.17, 15) is 4.79 Å². The average molecular weight is 379 g/mol. The lowest BCUT2D eigenvalue weighted by Crippen LogP contribution is -2.57. The van der Waals surface area contributed by atoms with Crippen LogP contribution in [0.3, 0.4) is 0 Å². The SMILES string of the molecule is Cc1cc(-c2nn(C)c(Cl)c2CN2CCN[C@H](C(=O)NC3CC3)C2)no1. The second-order valence-corrected chi connectivity index (χ2v) is 7.45. The minimum atomic E-state index is -0.197.